The average molecular weight is 337 g/mol. The molecule has 0 radical (unpaired) electrons. The molecule has 0 saturated carbocycles. The summed E-state index contributed by atoms with van der Waals surface area (Å²) in [6.07, 6.45) is 3.19. The Morgan fingerprint density at radius 1 is 1.38 bits per heavy atom. The standard InChI is InChI=1S/C15H13ClN2OS2/c1-10-4-5-11(9-13(10)16)17-15(20)18-14(19)7-6-12-3-2-8-21-12/h2-9H,1H3,(H2,17,18,19,20)/b7-6-. The summed E-state index contributed by atoms with van der Waals surface area (Å²) in [6.45, 7) is 1.92. The lowest BCUT2D eigenvalue weighted by Crippen LogP contribution is -2.32. The summed E-state index contributed by atoms with van der Waals surface area (Å²) in [5.74, 6) is -0.279. The Labute approximate surface area is 137 Å². The van der Waals surface area contributed by atoms with E-state index in [0.29, 0.717) is 5.02 Å². The zero-order valence-electron chi connectivity index (χ0n) is 11.2. The van der Waals surface area contributed by atoms with Crippen LogP contribution in [0.5, 0.6) is 0 Å². The fraction of sp³-hybridized carbons (Fsp3) is 0.0667. The van der Waals surface area contributed by atoms with Crippen LogP contribution < -0.4 is 10.6 Å². The minimum absolute atomic E-state index is 0.232. The molecule has 2 N–H and O–H groups in total. The first-order valence-electron chi connectivity index (χ1n) is 6.14. The highest BCUT2D eigenvalue weighted by Gasteiger charge is 2.03. The minimum Gasteiger partial charge on any atom is -0.332 e. The number of anilines is 1. The summed E-state index contributed by atoms with van der Waals surface area (Å²) in [7, 11) is 0. The van der Waals surface area contributed by atoms with Gasteiger partial charge in [0.1, 0.15) is 0 Å². The molecular weight excluding hydrogens is 324 g/mol. The van der Waals surface area contributed by atoms with Gasteiger partial charge in [0.15, 0.2) is 5.11 Å². The normalized spacial score (nSPS) is 10.6. The number of thiocarbonyl (C=S) groups is 1. The Morgan fingerprint density at radius 2 is 2.19 bits per heavy atom. The molecule has 21 heavy (non-hydrogen) atoms. The van der Waals surface area contributed by atoms with Gasteiger partial charge in [0.25, 0.3) is 0 Å². The van der Waals surface area contributed by atoms with Crippen molar-refractivity contribution in [1.82, 2.24) is 5.32 Å². The summed E-state index contributed by atoms with van der Waals surface area (Å²) in [6, 6.07) is 9.35. The van der Waals surface area contributed by atoms with Crippen LogP contribution in [-0.2, 0) is 4.79 Å². The lowest BCUT2D eigenvalue weighted by atomic mass is 10.2. The number of carbonyl (C=O) groups excluding carboxylic acids is 1. The van der Waals surface area contributed by atoms with Crippen molar-refractivity contribution in [3.8, 4) is 0 Å². The highest BCUT2D eigenvalue weighted by molar-refractivity contribution is 7.80. The fourth-order valence-corrected chi connectivity index (χ4v) is 2.55. The summed E-state index contributed by atoms with van der Waals surface area (Å²) >= 11 is 12.7. The highest BCUT2D eigenvalue weighted by Crippen LogP contribution is 2.19. The zero-order chi connectivity index (χ0) is 15.2. The van der Waals surface area contributed by atoms with Gasteiger partial charge in [-0.1, -0.05) is 23.7 Å². The number of halogens is 1. The van der Waals surface area contributed by atoms with Crippen molar-refractivity contribution in [3.05, 3.63) is 57.3 Å². The number of rotatable bonds is 3. The maximum atomic E-state index is 11.7. The summed E-state index contributed by atoms with van der Waals surface area (Å²) in [5, 5.41) is 8.33. The summed E-state index contributed by atoms with van der Waals surface area (Å²) < 4.78 is 0. The molecule has 0 aliphatic carbocycles. The van der Waals surface area contributed by atoms with Gasteiger partial charge in [0, 0.05) is 21.7 Å². The van der Waals surface area contributed by atoms with Crippen LogP contribution in [-0.4, -0.2) is 11.0 Å². The van der Waals surface area contributed by atoms with E-state index in [1.54, 1.807) is 23.5 Å². The van der Waals surface area contributed by atoms with E-state index >= 15 is 0 Å². The molecular formula is C15H13ClN2OS2. The SMILES string of the molecule is Cc1ccc(NC(=S)NC(=O)/C=C\c2cccs2)cc1Cl. The third-order valence-electron chi connectivity index (χ3n) is 2.61. The number of thiophene rings is 1. The van der Waals surface area contributed by atoms with Crippen LogP contribution in [0.1, 0.15) is 10.4 Å². The van der Waals surface area contributed by atoms with Gasteiger partial charge in [-0.15, -0.1) is 11.3 Å². The van der Waals surface area contributed by atoms with E-state index in [0.717, 1.165) is 16.1 Å². The van der Waals surface area contributed by atoms with Crippen LogP contribution in [0.15, 0.2) is 41.8 Å². The zero-order valence-corrected chi connectivity index (χ0v) is 13.6. The van der Waals surface area contributed by atoms with E-state index in [9.17, 15) is 4.79 Å². The van der Waals surface area contributed by atoms with Gasteiger partial charge in [-0.05, 0) is 54.4 Å². The summed E-state index contributed by atoms with van der Waals surface area (Å²) in [4.78, 5) is 12.7. The van der Waals surface area contributed by atoms with Gasteiger partial charge in [-0.2, -0.15) is 0 Å². The quantitative estimate of drug-likeness (QED) is 0.650. The molecule has 2 rings (SSSR count). The third-order valence-corrected chi connectivity index (χ3v) is 4.06. The molecule has 1 amide bonds. The monoisotopic (exact) mass is 336 g/mol. The second-order valence-electron chi connectivity index (χ2n) is 4.26. The van der Waals surface area contributed by atoms with E-state index in [2.05, 4.69) is 10.6 Å². The molecule has 0 unspecified atom stereocenters. The number of carbonyl (C=O) groups is 1. The number of benzene rings is 1. The Hall–Kier alpha value is -1.69. The second-order valence-corrected chi connectivity index (χ2v) is 6.05. The Kier molecular flexibility index (Phi) is 5.50. The summed E-state index contributed by atoms with van der Waals surface area (Å²) in [5.41, 5.74) is 1.72. The molecule has 0 aliphatic rings. The number of hydrogen-bond acceptors (Lipinski definition) is 3. The van der Waals surface area contributed by atoms with Gasteiger partial charge < -0.3 is 5.32 Å². The van der Waals surface area contributed by atoms with Gasteiger partial charge in [0.2, 0.25) is 5.91 Å². The molecule has 108 valence electrons. The fourth-order valence-electron chi connectivity index (χ4n) is 1.53. The number of nitrogens with one attached hydrogen (secondary N) is 2. The van der Waals surface area contributed by atoms with Crippen LogP contribution in [0.25, 0.3) is 6.08 Å². The van der Waals surface area contributed by atoms with Crippen LogP contribution in [0.3, 0.4) is 0 Å². The molecule has 0 saturated heterocycles. The van der Waals surface area contributed by atoms with Crippen molar-refractivity contribution < 1.29 is 4.79 Å². The van der Waals surface area contributed by atoms with E-state index in [1.807, 2.05) is 36.6 Å². The van der Waals surface area contributed by atoms with Gasteiger partial charge in [0.05, 0.1) is 0 Å². The van der Waals surface area contributed by atoms with Crippen molar-refractivity contribution in [2.45, 2.75) is 6.92 Å². The van der Waals surface area contributed by atoms with Crippen LogP contribution >= 0.6 is 35.2 Å². The minimum atomic E-state index is -0.279. The van der Waals surface area contributed by atoms with Gasteiger partial charge in [-0.25, -0.2) is 0 Å². The molecule has 2 aromatic rings. The van der Waals surface area contributed by atoms with Crippen LogP contribution in [0.4, 0.5) is 5.69 Å². The lowest BCUT2D eigenvalue weighted by molar-refractivity contribution is -0.115. The Bertz CT molecular complexity index is 681. The van der Waals surface area contributed by atoms with E-state index in [-0.39, 0.29) is 11.0 Å². The van der Waals surface area contributed by atoms with Gasteiger partial charge in [-0.3, -0.25) is 10.1 Å². The molecule has 0 atom stereocenters. The van der Waals surface area contributed by atoms with Crippen molar-refractivity contribution in [3.63, 3.8) is 0 Å². The van der Waals surface area contributed by atoms with Crippen LogP contribution in [0.2, 0.25) is 5.02 Å². The molecule has 0 aliphatic heterocycles. The van der Waals surface area contributed by atoms with Crippen molar-refractivity contribution >= 4 is 57.9 Å². The Balaban J connectivity index is 1.89. The first-order valence-corrected chi connectivity index (χ1v) is 7.81. The highest BCUT2D eigenvalue weighted by atomic mass is 35.5. The molecule has 0 fully saturated rings. The molecule has 0 bridgehead atoms. The lowest BCUT2D eigenvalue weighted by Gasteiger charge is -2.09. The molecule has 1 aromatic carbocycles. The number of amides is 1. The van der Waals surface area contributed by atoms with Crippen molar-refractivity contribution in [2.75, 3.05) is 5.32 Å². The smallest absolute Gasteiger partial charge is 0.250 e. The number of aryl methyl sites for hydroxylation is 1. The second kappa shape index (κ2) is 7.36. The van der Waals surface area contributed by atoms with E-state index in [1.165, 1.54) is 6.08 Å². The van der Waals surface area contributed by atoms with E-state index < -0.39 is 0 Å². The molecule has 1 heterocycles. The molecule has 3 nitrogen and oxygen atoms in total. The van der Waals surface area contributed by atoms with Crippen LogP contribution in [0, 0.1) is 6.92 Å². The third kappa shape index (κ3) is 4.97. The predicted molar refractivity (Wildman–Crippen MR) is 93.9 cm³/mol. The number of hydrogen-bond donors (Lipinski definition) is 2. The topological polar surface area (TPSA) is 41.1 Å². The maximum absolute atomic E-state index is 11.7. The van der Waals surface area contributed by atoms with Crippen molar-refractivity contribution in [2.24, 2.45) is 0 Å². The molecule has 1 aromatic heterocycles. The van der Waals surface area contributed by atoms with Crippen molar-refractivity contribution in [1.29, 1.82) is 0 Å². The first kappa shape index (κ1) is 15.7. The Morgan fingerprint density at radius 3 is 2.86 bits per heavy atom. The molecule has 6 heteroatoms. The van der Waals surface area contributed by atoms with E-state index in [4.69, 9.17) is 23.8 Å². The molecule has 0 spiro atoms. The first-order chi connectivity index (χ1) is 10.0. The average Bonchev–Trinajstić information content (AvgIpc) is 2.94. The largest absolute Gasteiger partial charge is 0.332 e. The predicted octanol–water partition coefficient (Wildman–Crippen LogP) is 4.24. The maximum Gasteiger partial charge on any atom is 0.250 e. The van der Waals surface area contributed by atoms with Gasteiger partial charge >= 0.3 is 0 Å².